The lowest BCUT2D eigenvalue weighted by Crippen LogP contribution is -2.43. The highest BCUT2D eigenvalue weighted by atomic mass is 19.1. The predicted molar refractivity (Wildman–Crippen MR) is 125 cm³/mol. The molecule has 33 heavy (non-hydrogen) atoms. The number of ether oxygens (including phenoxy) is 1. The van der Waals surface area contributed by atoms with Crippen molar-refractivity contribution in [2.45, 2.75) is 31.1 Å². The van der Waals surface area contributed by atoms with Gasteiger partial charge < -0.3 is 9.64 Å². The minimum atomic E-state index is -0.535. The first-order valence-electron chi connectivity index (χ1n) is 11.2. The lowest BCUT2D eigenvalue weighted by molar-refractivity contribution is 0.187. The van der Waals surface area contributed by atoms with Gasteiger partial charge in [0, 0.05) is 35.8 Å². The molecule has 0 aliphatic carbocycles. The number of carbonyl (C=O) groups is 1. The van der Waals surface area contributed by atoms with E-state index in [4.69, 9.17) is 4.74 Å². The molecule has 4 nitrogen and oxygen atoms in total. The first-order chi connectivity index (χ1) is 15.9. The molecule has 0 spiro atoms. The van der Waals surface area contributed by atoms with Gasteiger partial charge in [0.2, 0.25) is 0 Å². The Labute approximate surface area is 192 Å². The van der Waals surface area contributed by atoms with Crippen LogP contribution in [0.5, 0.6) is 0 Å². The monoisotopic (exact) mass is 448 g/mol. The van der Waals surface area contributed by atoms with E-state index in [2.05, 4.69) is 17.1 Å². The number of amides is 1. The second kappa shape index (κ2) is 8.18. The molecule has 5 rings (SSSR count). The lowest BCUT2D eigenvalue weighted by atomic mass is 9.68. The van der Waals surface area contributed by atoms with Crippen molar-refractivity contribution in [2.75, 3.05) is 30.4 Å². The number of anilines is 2. The maximum absolute atomic E-state index is 13.7. The summed E-state index contributed by atoms with van der Waals surface area (Å²) in [5, 5.41) is 2.84. The fourth-order valence-corrected chi connectivity index (χ4v) is 5.37. The summed E-state index contributed by atoms with van der Waals surface area (Å²) in [6.45, 7) is 3.95. The SMILES string of the molecule is COC(=O)Nc1cc2c3c(c1)[C@](C)(c1ccc(F)cc1)CCN3CC[C@H]2c1ccc(F)cc1. The number of rotatable bonds is 3. The first-order valence-corrected chi connectivity index (χ1v) is 11.2. The van der Waals surface area contributed by atoms with Crippen LogP contribution < -0.4 is 10.2 Å². The summed E-state index contributed by atoms with van der Waals surface area (Å²) in [5.74, 6) is -0.451. The standard InChI is InChI=1S/C27H26F2N2O2/c1-27(18-5-9-20(29)10-6-18)12-14-31-13-11-22(17-3-7-19(28)8-4-17)23-15-21(30-26(32)33-2)16-24(27)25(23)31/h3-10,15-16,22H,11-14H2,1-2H3,(H,30,32)/t22-,27-/m0/s1. The van der Waals surface area contributed by atoms with E-state index in [9.17, 15) is 13.6 Å². The van der Waals surface area contributed by atoms with Gasteiger partial charge in [0.05, 0.1) is 7.11 Å². The number of methoxy groups -OCH3 is 1. The van der Waals surface area contributed by atoms with Gasteiger partial charge in [0.15, 0.2) is 0 Å². The van der Waals surface area contributed by atoms with Crippen molar-refractivity contribution in [3.8, 4) is 0 Å². The van der Waals surface area contributed by atoms with E-state index in [1.54, 1.807) is 0 Å². The van der Waals surface area contributed by atoms with Crippen LogP contribution in [0.15, 0.2) is 60.7 Å². The van der Waals surface area contributed by atoms with E-state index in [0.29, 0.717) is 5.69 Å². The zero-order valence-corrected chi connectivity index (χ0v) is 18.7. The first kappa shape index (κ1) is 21.4. The number of hydrogen-bond donors (Lipinski definition) is 1. The number of carbonyl (C=O) groups excluding carboxylic acids is 1. The molecule has 6 heteroatoms. The number of benzene rings is 3. The normalized spacial score (nSPS) is 21.3. The van der Waals surface area contributed by atoms with E-state index in [1.807, 2.05) is 36.4 Å². The van der Waals surface area contributed by atoms with Gasteiger partial charge in [-0.1, -0.05) is 31.2 Å². The van der Waals surface area contributed by atoms with Gasteiger partial charge in [-0.2, -0.15) is 0 Å². The minimum absolute atomic E-state index is 0.0746. The highest BCUT2D eigenvalue weighted by Crippen LogP contribution is 2.52. The van der Waals surface area contributed by atoms with Crippen LogP contribution in [-0.2, 0) is 10.2 Å². The van der Waals surface area contributed by atoms with Crippen LogP contribution in [0.4, 0.5) is 25.0 Å². The Bertz CT molecular complexity index is 1190. The molecular formula is C27H26F2N2O2. The Kier molecular flexibility index (Phi) is 5.31. The average molecular weight is 449 g/mol. The molecule has 0 radical (unpaired) electrons. The summed E-state index contributed by atoms with van der Waals surface area (Å²) >= 11 is 0. The molecule has 2 aliphatic heterocycles. The lowest BCUT2D eigenvalue weighted by Gasteiger charge is -2.47. The van der Waals surface area contributed by atoms with E-state index < -0.39 is 6.09 Å². The Morgan fingerprint density at radius 1 is 1.03 bits per heavy atom. The van der Waals surface area contributed by atoms with Crippen molar-refractivity contribution in [3.05, 3.63) is 94.6 Å². The van der Waals surface area contributed by atoms with Crippen molar-refractivity contribution >= 4 is 17.5 Å². The predicted octanol–water partition coefficient (Wildman–Crippen LogP) is 6.19. The molecule has 3 aromatic carbocycles. The molecule has 0 fully saturated rings. The molecular weight excluding hydrogens is 422 g/mol. The molecule has 0 saturated carbocycles. The van der Waals surface area contributed by atoms with Gasteiger partial charge in [-0.25, -0.2) is 13.6 Å². The Morgan fingerprint density at radius 3 is 2.36 bits per heavy atom. The third kappa shape index (κ3) is 3.73. The summed E-state index contributed by atoms with van der Waals surface area (Å²) in [5.41, 5.74) is 5.73. The summed E-state index contributed by atoms with van der Waals surface area (Å²) in [6, 6.07) is 17.4. The van der Waals surface area contributed by atoms with Crippen molar-refractivity contribution in [2.24, 2.45) is 0 Å². The van der Waals surface area contributed by atoms with Crippen molar-refractivity contribution in [1.29, 1.82) is 0 Å². The molecule has 1 amide bonds. The highest BCUT2D eigenvalue weighted by Gasteiger charge is 2.41. The molecule has 0 aromatic heterocycles. The smallest absolute Gasteiger partial charge is 0.411 e. The quantitative estimate of drug-likeness (QED) is 0.519. The van der Waals surface area contributed by atoms with Gasteiger partial charge in [-0.3, -0.25) is 5.32 Å². The zero-order chi connectivity index (χ0) is 23.2. The summed E-state index contributed by atoms with van der Waals surface area (Å²) in [4.78, 5) is 14.5. The van der Waals surface area contributed by atoms with E-state index in [-0.39, 0.29) is 23.0 Å². The van der Waals surface area contributed by atoms with Crippen molar-refractivity contribution in [3.63, 3.8) is 0 Å². The van der Waals surface area contributed by atoms with Crippen LogP contribution in [0.1, 0.15) is 47.9 Å². The topological polar surface area (TPSA) is 41.6 Å². The van der Waals surface area contributed by atoms with Gasteiger partial charge in [0.25, 0.3) is 0 Å². The molecule has 0 unspecified atom stereocenters. The van der Waals surface area contributed by atoms with Gasteiger partial charge >= 0.3 is 6.09 Å². The molecule has 0 bridgehead atoms. The molecule has 170 valence electrons. The Hall–Kier alpha value is -3.41. The fraction of sp³-hybridized carbons (Fsp3) is 0.296. The van der Waals surface area contributed by atoms with Crippen LogP contribution in [0.25, 0.3) is 0 Å². The van der Waals surface area contributed by atoms with Crippen LogP contribution in [-0.4, -0.2) is 26.3 Å². The number of nitrogens with one attached hydrogen (secondary N) is 1. The van der Waals surface area contributed by atoms with Gasteiger partial charge in [-0.15, -0.1) is 0 Å². The van der Waals surface area contributed by atoms with E-state index in [0.717, 1.165) is 53.9 Å². The average Bonchev–Trinajstić information content (AvgIpc) is 2.82. The maximum Gasteiger partial charge on any atom is 0.411 e. The highest BCUT2D eigenvalue weighted by molar-refractivity contribution is 5.86. The van der Waals surface area contributed by atoms with Crippen molar-refractivity contribution in [1.82, 2.24) is 0 Å². The number of halogens is 2. The third-order valence-corrected chi connectivity index (χ3v) is 7.18. The molecule has 2 aliphatic rings. The van der Waals surface area contributed by atoms with E-state index >= 15 is 0 Å². The third-order valence-electron chi connectivity index (χ3n) is 7.18. The summed E-state index contributed by atoms with van der Waals surface area (Å²) in [6.07, 6.45) is 1.23. The second-order valence-electron chi connectivity index (χ2n) is 9.05. The van der Waals surface area contributed by atoms with Crippen LogP contribution in [0.2, 0.25) is 0 Å². The van der Waals surface area contributed by atoms with Crippen LogP contribution >= 0.6 is 0 Å². The summed E-state index contributed by atoms with van der Waals surface area (Å²) < 4.78 is 32.1. The molecule has 0 saturated heterocycles. The van der Waals surface area contributed by atoms with Gasteiger partial charge in [0.1, 0.15) is 11.6 Å². The van der Waals surface area contributed by atoms with Gasteiger partial charge in [-0.05, 0) is 71.5 Å². The largest absolute Gasteiger partial charge is 0.453 e. The van der Waals surface area contributed by atoms with Crippen LogP contribution in [0.3, 0.4) is 0 Å². The Morgan fingerprint density at radius 2 is 1.70 bits per heavy atom. The number of hydrogen-bond acceptors (Lipinski definition) is 3. The fourth-order valence-electron chi connectivity index (χ4n) is 5.37. The van der Waals surface area contributed by atoms with E-state index in [1.165, 1.54) is 31.4 Å². The summed E-state index contributed by atoms with van der Waals surface area (Å²) in [7, 11) is 1.34. The molecule has 1 N–H and O–H groups in total. The number of nitrogens with zero attached hydrogens (tertiary/aromatic N) is 1. The van der Waals surface area contributed by atoms with Crippen LogP contribution in [0, 0.1) is 11.6 Å². The minimum Gasteiger partial charge on any atom is -0.453 e. The molecule has 2 atom stereocenters. The second-order valence-corrected chi connectivity index (χ2v) is 9.05. The van der Waals surface area contributed by atoms with Crippen molar-refractivity contribution < 1.29 is 18.3 Å². The maximum atomic E-state index is 13.7. The zero-order valence-electron chi connectivity index (χ0n) is 18.7. The molecule has 3 aromatic rings. The molecule has 2 heterocycles. The Balaban J connectivity index is 1.71.